The summed E-state index contributed by atoms with van der Waals surface area (Å²) in [5.41, 5.74) is 4.21. The molecule has 3 aliphatic rings. The van der Waals surface area contributed by atoms with E-state index in [1.807, 2.05) is 46.2 Å². The molecule has 156 valence electrons. The van der Waals surface area contributed by atoms with Crippen molar-refractivity contribution in [3.8, 4) is 0 Å². The van der Waals surface area contributed by atoms with Crippen LogP contribution in [0.25, 0.3) is 0 Å². The Balaban J connectivity index is 1.61. The van der Waals surface area contributed by atoms with Crippen LogP contribution in [0.5, 0.6) is 0 Å². The number of amides is 2. The topological polar surface area (TPSA) is 40.6 Å². The maximum Gasteiger partial charge on any atom is 0.268 e. The van der Waals surface area contributed by atoms with E-state index in [1.54, 1.807) is 11.8 Å². The van der Waals surface area contributed by atoms with Crippen molar-refractivity contribution in [3.05, 3.63) is 65.2 Å². The number of rotatable bonds is 3. The Morgan fingerprint density at radius 1 is 1.10 bits per heavy atom. The van der Waals surface area contributed by atoms with E-state index >= 15 is 0 Å². The van der Waals surface area contributed by atoms with Crippen LogP contribution in [0, 0.1) is 12.8 Å². The number of hydrogen-bond donors (Lipinski definition) is 0. The van der Waals surface area contributed by atoms with Gasteiger partial charge in [0.1, 0.15) is 0 Å². The highest BCUT2D eigenvalue weighted by Crippen LogP contribution is 2.60. The minimum absolute atomic E-state index is 0.0233. The lowest BCUT2D eigenvalue weighted by molar-refractivity contribution is -0.146. The number of carbonyl (C=O) groups is 2. The first-order chi connectivity index (χ1) is 14.3. The lowest BCUT2D eigenvalue weighted by Gasteiger charge is -2.37. The van der Waals surface area contributed by atoms with Crippen molar-refractivity contribution in [3.63, 3.8) is 0 Å². The summed E-state index contributed by atoms with van der Waals surface area (Å²) in [5.74, 6) is 0.247. The van der Waals surface area contributed by atoms with E-state index in [0.29, 0.717) is 13.1 Å². The van der Waals surface area contributed by atoms with Gasteiger partial charge in [-0.2, -0.15) is 0 Å². The van der Waals surface area contributed by atoms with Gasteiger partial charge < -0.3 is 9.80 Å². The Hall–Kier alpha value is -2.27. The van der Waals surface area contributed by atoms with Crippen molar-refractivity contribution in [1.82, 2.24) is 4.90 Å². The summed E-state index contributed by atoms with van der Waals surface area (Å²) in [6.45, 7) is 7.50. The highest BCUT2D eigenvalue weighted by molar-refractivity contribution is 8.02. The van der Waals surface area contributed by atoms with Crippen LogP contribution in [0.2, 0.25) is 0 Å². The summed E-state index contributed by atoms with van der Waals surface area (Å²) in [7, 11) is 0. The van der Waals surface area contributed by atoms with Gasteiger partial charge in [0, 0.05) is 22.8 Å². The Kier molecular flexibility index (Phi) is 4.51. The van der Waals surface area contributed by atoms with Gasteiger partial charge >= 0.3 is 0 Å². The molecular weight excluding hydrogens is 392 g/mol. The van der Waals surface area contributed by atoms with Crippen LogP contribution < -0.4 is 4.90 Å². The van der Waals surface area contributed by atoms with Crippen LogP contribution in [-0.2, 0) is 21.0 Å². The van der Waals surface area contributed by atoms with Gasteiger partial charge in [0.15, 0.2) is 4.87 Å². The SMILES string of the molecule is Cc1ccccc1CN1C(=O)C2(SC(C)(C)CN2C(=O)C2CCC2)c2ccccc21. The molecule has 2 fully saturated rings. The molecule has 2 aliphatic heterocycles. The van der Waals surface area contributed by atoms with E-state index in [0.717, 1.165) is 36.1 Å². The van der Waals surface area contributed by atoms with E-state index in [1.165, 1.54) is 5.56 Å². The molecule has 5 rings (SSSR count). The number of anilines is 1. The second-order valence-corrected chi connectivity index (χ2v) is 11.3. The van der Waals surface area contributed by atoms with E-state index < -0.39 is 4.87 Å². The Morgan fingerprint density at radius 3 is 2.50 bits per heavy atom. The third-order valence-corrected chi connectivity index (χ3v) is 8.34. The van der Waals surface area contributed by atoms with Crippen LogP contribution >= 0.6 is 11.8 Å². The van der Waals surface area contributed by atoms with Crippen molar-refractivity contribution < 1.29 is 9.59 Å². The standard InChI is InChI=1S/C25H28N2O2S/c1-17-9-4-5-10-19(17)15-26-21-14-7-6-13-20(21)25(23(26)29)27(16-24(2,3)30-25)22(28)18-11-8-12-18/h4-7,9-10,13-14,18H,8,11-12,15-16H2,1-3H3. The van der Waals surface area contributed by atoms with Crippen molar-refractivity contribution in [2.24, 2.45) is 5.92 Å². The van der Waals surface area contributed by atoms with Crippen molar-refractivity contribution in [2.75, 3.05) is 11.4 Å². The van der Waals surface area contributed by atoms with Crippen molar-refractivity contribution >= 4 is 29.3 Å². The number of benzene rings is 2. The van der Waals surface area contributed by atoms with Crippen molar-refractivity contribution in [2.45, 2.75) is 56.2 Å². The minimum Gasteiger partial charge on any atom is -0.314 e. The predicted octanol–water partition coefficient (Wildman–Crippen LogP) is 4.85. The number of thioether (sulfide) groups is 1. The van der Waals surface area contributed by atoms with Crippen LogP contribution in [-0.4, -0.2) is 28.0 Å². The zero-order chi connectivity index (χ0) is 21.1. The normalized spacial score (nSPS) is 25.0. The second-order valence-electron chi connectivity index (χ2n) is 9.39. The summed E-state index contributed by atoms with van der Waals surface area (Å²) >= 11 is 1.65. The van der Waals surface area contributed by atoms with E-state index in [4.69, 9.17) is 0 Å². The second kappa shape index (κ2) is 6.88. The molecule has 0 N–H and O–H groups in total. The van der Waals surface area contributed by atoms with E-state index in [-0.39, 0.29) is 22.5 Å². The molecule has 4 nitrogen and oxygen atoms in total. The fourth-order valence-electron chi connectivity index (χ4n) is 4.97. The van der Waals surface area contributed by atoms with Gasteiger partial charge in [0.2, 0.25) is 5.91 Å². The molecule has 1 aliphatic carbocycles. The number of nitrogens with zero attached hydrogens (tertiary/aromatic N) is 2. The van der Waals surface area contributed by atoms with Gasteiger partial charge in [-0.25, -0.2) is 0 Å². The molecule has 2 aromatic rings. The van der Waals surface area contributed by atoms with Gasteiger partial charge in [-0.05, 0) is 50.8 Å². The molecule has 2 amide bonds. The Bertz CT molecular complexity index is 1030. The molecular formula is C25H28N2O2S. The maximum absolute atomic E-state index is 14.1. The van der Waals surface area contributed by atoms with Crippen LogP contribution in [0.3, 0.4) is 0 Å². The summed E-state index contributed by atoms with van der Waals surface area (Å²) in [5, 5.41) is 0. The lowest BCUT2D eigenvalue weighted by atomic mass is 9.83. The zero-order valence-corrected chi connectivity index (χ0v) is 18.7. The smallest absolute Gasteiger partial charge is 0.268 e. The Labute approximate surface area is 182 Å². The molecule has 1 spiro atoms. The number of para-hydroxylation sites is 1. The summed E-state index contributed by atoms with van der Waals surface area (Å²) in [4.78, 5) is 30.5. The highest BCUT2D eigenvalue weighted by Gasteiger charge is 2.64. The van der Waals surface area contributed by atoms with Gasteiger partial charge in [-0.3, -0.25) is 9.59 Å². The molecule has 0 radical (unpaired) electrons. The minimum atomic E-state index is -0.949. The predicted molar refractivity (Wildman–Crippen MR) is 121 cm³/mol. The molecule has 0 bridgehead atoms. The van der Waals surface area contributed by atoms with Crippen molar-refractivity contribution in [1.29, 1.82) is 0 Å². The van der Waals surface area contributed by atoms with E-state index in [2.05, 4.69) is 32.9 Å². The molecule has 5 heteroatoms. The maximum atomic E-state index is 14.1. The average molecular weight is 421 g/mol. The van der Waals surface area contributed by atoms with Gasteiger partial charge in [0.25, 0.3) is 5.91 Å². The van der Waals surface area contributed by atoms with Crippen LogP contribution in [0.15, 0.2) is 48.5 Å². The molecule has 1 saturated heterocycles. The first kappa shape index (κ1) is 19.7. The molecule has 1 atom stereocenters. The molecule has 30 heavy (non-hydrogen) atoms. The quantitative estimate of drug-likeness (QED) is 0.713. The lowest BCUT2D eigenvalue weighted by Crippen LogP contribution is -2.52. The fraction of sp³-hybridized carbons (Fsp3) is 0.440. The Morgan fingerprint density at radius 2 is 1.80 bits per heavy atom. The molecule has 2 heterocycles. The number of hydrogen-bond acceptors (Lipinski definition) is 3. The first-order valence-corrected chi connectivity index (χ1v) is 11.6. The van der Waals surface area contributed by atoms with Gasteiger partial charge in [-0.15, -0.1) is 11.8 Å². The summed E-state index contributed by atoms with van der Waals surface area (Å²) in [6, 6.07) is 16.2. The van der Waals surface area contributed by atoms with Crippen LogP contribution in [0.1, 0.15) is 49.8 Å². The molecule has 2 aromatic carbocycles. The fourth-order valence-corrected chi connectivity index (χ4v) is 6.70. The summed E-state index contributed by atoms with van der Waals surface area (Å²) < 4.78 is -0.180. The average Bonchev–Trinajstić information content (AvgIpc) is 3.09. The molecule has 0 aromatic heterocycles. The molecule has 1 saturated carbocycles. The highest BCUT2D eigenvalue weighted by atomic mass is 32.2. The third kappa shape index (κ3) is 2.82. The van der Waals surface area contributed by atoms with Gasteiger partial charge in [0.05, 0.1) is 12.2 Å². The molecule has 1 unspecified atom stereocenters. The summed E-state index contributed by atoms with van der Waals surface area (Å²) in [6.07, 6.45) is 3.00. The number of carbonyl (C=O) groups excluding carboxylic acids is 2. The number of fused-ring (bicyclic) bond motifs is 2. The van der Waals surface area contributed by atoms with Crippen LogP contribution in [0.4, 0.5) is 5.69 Å². The largest absolute Gasteiger partial charge is 0.314 e. The van der Waals surface area contributed by atoms with Gasteiger partial charge in [-0.1, -0.05) is 48.9 Å². The third-order valence-electron chi connectivity index (χ3n) is 6.75. The zero-order valence-electron chi connectivity index (χ0n) is 17.9. The first-order valence-electron chi connectivity index (χ1n) is 10.8. The van der Waals surface area contributed by atoms with E-state index in [9.17, 15) is 9.59 Å². The monoisotopic (exact) mass is 420 g/mol. The number of aryl methyl sites for hydroxylation is 1.